The molecule has 27 heavy (non-hydrogen) atoms. The van der Waals surface area contributed by atoms with Crippen molar-refractivity contribution >= 4 is 45.5 Å². The molecule has 1 heterocycles. The molecule has 144 valence electrons. The summed E-state index contributed by atoms with van der Waals surface area (Å²) in [6.07, 6.45) is 2.16. The summed E-state index contributed by atoms with van der Waals surface area (Å²) in [6, 6.07) is 7.92. The Labute approximate surface area is 169 Å². The first kappa shape index (κ1) is 21.1. The number of hydrogen-bond donors (Lipinski definition) is 2. The van der Waals surface area contributed by atoms with Crippen LogP contribution in [0.5, 0.6) is 0 Å². The molecule has 0 aliphatic heterocycles. The zero-order valence-electron chi connectivity index (χ0n) is 15.8. The Morgan fingerprint density at radius 1 is 1.19 bits per heavy atom. The van der Waals surface area contributed by atoms with Crippen molar-refractivity contribution in [3.8, 4) is 11.1 Å². The lowest BCUT2D eigenvalue weighted by Gasteiger charge is -2.11. The van der Waals surface area contributed by atoms with Crippen molar-refractivity contribution in [2.45, 2.75) is 40.0 Å². The quantitative estimate of drug-likeness (QED) is 0.507. The molecule has 2 aromatic rings. The third kappa shape index (κ3) is 5.87. The number of thiophene rings is 1. The number of aryl methyl sites for hydroxylation is 1. The molecule has 2 N–H and O–H groups in total. The van der Waals surface area contributed by atoms with Gasteiger partial charge in [-0.15, -0.1) is 11.3 Å². The molecule has 0 aliphatic carbocycles. The van der Waals surface area contributed by atoms with Gasteiger partial charge in [-0.3, -0.25) is 4.79 Å². The summed E-state index contributed by atoms with van der Waals surface area (Å²) in [6.45, 7) is 6.07. The van der Waals surface area contributed by atoms with Crippen LogP contribution in [0, 0.1) is 6.92 Å². The van der Waals surface area contributed by atoms with Gasteiger partial charge in [0.2, 0.25) is 5.91 Å². The third-order valence-electron chi connectivity index (χ3n) is 3.87. The second kappa shape index (κ2) is 10.2. The Kier molecular flexibility index (Phi) is 7.94. The van der Waals surface area contributed by atoms with Crippen LogP contribution in [0.25, 0.3) is 11.1 Å². The first-order valence-corrected chi connectivity index (χ1v) is 10.2. The summed E-state index contributed by atoms with van der Waals surface area (Å²) in [7, 11) is 0. The van der Waals surface area contributed by atoms with Crippen LogP contribution in [0.3, 0.4) is 0 Å². The Hall–Kier alpha value is -2.25. The van der Waals surface area contributed by atoms with E-state index in [2.05, 4.69) is 10.6 Å². The molecule has 2 rings (SSSR count). The molecule has 5 nitrogen and oxygen atoms in total. The predicted molar refractivity (Wildman–Crippen MR) is 114 cm³/mol. The summed E-state index contributed by atoms with van der Waals surface area (Å²) >= 11 is 6.58. The van der Waals surface area contributed by atoms with Crippen molar-refractivity contribution in [1.29, 1.82) is 0 Å². The maximum Gasteiger partial charge on any atom is 0.341 e. The van der Waals surface area contributed by atoms with E-state index in [1.54, 1.807) is 6.92 Å². The molecule has 0 spiro atoms. The normalized spacial score (nSPS) is 10.3. The molecule has 0 bridgehead atoms. The number of anilines is 1. The second-order valence-corrected chi connectivity index (χ2v) is 7.33. The minimum absolute atomic E-state index is 0.137. The van der Waals surface area contributed by atoms with Gasteiger partial charge in [0.05, 0.1) is 6.61 Å². The number of hydrogen-bond acceptors (Lipinski definition) is 5. The highest BCUT2D eigenvalue weighted by Gasteiger charge is 2.22. The van der Waals surface area contributed by atoms with Crippen molar-refractivity contribution in [3.63, 3.8) is 0 Å². The highest BCUT2D eigenvalue weighted by molar-refractivity contribution is 7.80. The number of carbonyl (C=O) groups is 2. The Bertz CT molecular complexity index is 813. The van der Waals surface area contributed by atoms with Gasteiger partial charge < -0.3 is 15.4 Å². The van der Waals surface area contributed by atoms with Gasteiger partial charge in [0, 0.05) is 17.4 Å². The van der Waals surface area contributed by atoms with Crippen molar-refractivity contribution in [3.05, 3.63) is 40.8 Å². The van der Waals surface area contributed by atoms with Crippen molar-refractivity contribution in [2.75, 3.05) is 11.9 Å². The number of esters is 1. The summed E-state index contributed by atoms with van der Waals surface area (Å²) in [4.78, 5) is 24.4. The van der Waals surface area contributed by atoms with Crippen LogP contribution < -0.4 is 10.6 Å². The number of unbranched alkanes of at least 4 members (excludes halogenated alkanes) is 1. The van der Waals surface area contributed by atoms with E-state index >= 15 is 0 Å². The van der Waals surface area contributed by atoms with Crippen LogP contribution in [0.1, 0.15) is 49.0 Å². The Balaban J connectivity index is 2.25. The van der Waals surface area contributed by atoms with Crippen LogP contribution in [0.2, 0.25) is 0 Å². The van der Waals surface area contributed by atoms with Crippen molar-refractivity contribution in [1.82, 2.24) is 5.32 Å². The SMILES string of the molecule is CCCCC(=O)NC(=S)Nc1scc(-c2ccc(C)cc2)c1C(=O)OCC. The van der Waals surface area contributed by atoms with E-state index in [4.69, 9.17) is 17.0 Å². The van der Waals surface area contributed by atoms with E-state index in [9.17, 15) is 9.59 Å². The maximum atomic E-state index is 12.5. The minimum atomic E-state index is -0.420. The summed E-state index contributed by atoms with van der Waals surface area (Å²) in [5.74, 6) is -0.556. The number of thiocarbonyl (C=S) groups is 1. The van der Waals surface area contributed by atoms with Gasteiger partial charge in [-0.2, -0.15) is 0 Å². The Morgan fingerprint density at radius 2 is 1.89 bits per heavy atom. The van der Waals surface area contributed by atoms with Crippen molar-refractivity contribution < 1.29 is 14.3 Å². The Morgan fingerprint density at radius 3 is 2.52 bits per heavy atom. The predicted octanol–water partition coefficient (Wildman–Crippen LogP) is 4.90. The molecule has 0 radical (unpaired) electrons. The van der Waals surface area contributed by atoms with E-state index < -0.39 is 5.97 Å². The van der Waals surface area contributed by atoms with E-state index in [-0.39, 0.29) is 17.6 Å². The molecule has 1 amide bonds. The van der Waals surface area contributed by atoms with E-state index in [1.165, 1.54) is 11.3 Å². The van der Waals surface area contributed by atoms with Gasteiger partial charge in [0.25, 0.3) is 0 Å². The average molecular weight is 405 g/mol. The molecular weight excluding hydrogens is 380 g/mol. The van der Waals surface area contributed by atoms with Gasteiger partial charge in [-0.05, 0) is 38.0 Å². The topological polar surface area (TPSA) is 67.4 Å². The van der Waals surface area contributed by atoms with Crippen LogP contribution in [0.4, 0.5) is 5.00 Å². The highest BCUT2D eigenvalue weighted by atomic mass is 32.1. The number of carbonyl (C=O) groups excluding carboxylic acids is 2. The molecule has 0 aliphatic rings. The van der Waals surface area contributed by atoms with E-state index in [1.807, 2.05) is 43.5 Å². The molecule has 7 heteroatoms. The third-order valence-corrected chi connectivity index (χ3v) is 4.97. The lowest BCUT2D eigenvalue weighted by atomic mass is 10.0. The number of nitrogens with one attached hydrogen (secondary N) is 2. The molecule has 0 saturated carbocycles. The minimum Gasteiger partial charge on any atom is -0.462 e. The highest BCUT2D eigenvalue weighted by Crippen LogP contribution is 2.36. The molecule has 0 fully saturated rings. The first-order chi connectivity index (χ1) is 13.0. The first-order valence-electron chi connectivity index (χ1n) is 8.92. The molecule has 1 aromatic carbocycles. The molecular formula is C20H24N2O3S2. The summed E-state index contributed by atoms with van der Waals surface area (Å²) in [5, 5.41) is 8.26. The van der Waals surface area contributed by atoms with E-state index in [0.29, 0.717) is 17.0 Å². The maximum absolute atomic E-state index is 12.5. The molecule has 1 aromatic heterocycles. The molecule has 0 atom stereocenters. The molecule has 0 saturated heterocycles. The monoisotopic (exact) mass is 404 g/mol. The lowest BCUT2D eigenvalue weighted by molar-refractivity contribution is -0.119. The standard InChI is InChI=1S/C20H24N2O3S2/c1-4-6-7-16(23)21-20(26)22-18-17(19(24)25-5-2)15(12-27-18)14-10-8-13(3)9-11-14/h8-12H,4-7H2,1-3H3,(H2,21,22,23,26). The fraction of sp³-hybridized carbons (Fsp3) is 0.350. The van der Waals surface area contributed by atoms with Gasteiger partial charge in [-0.25, -0.2) is 4.79 Å². The summed E-state index contributed by atoms with van der Waals surface area (Å²) in [5.41, 5.74) is 3.27. The fourth-order valence-electron chi connectivity index (χ4n) is 2.46. The van der Waals surface area contributed by atoms with E-state index in [0.717, 1.165) is 29.5 Å². The van der Waals surface area contributed by atoms with Gasteiger partial charge in [0.1, 0.15) is 10.6 Å². The van der Waals surface area contributed by atoms with Gasteiger partial charge >= 0.3 is 5.97 Å². The van der Waals surface area contributed by atoms with Gasteiger partial charge in [-0.1, -0.05) is 43.2 Å². The average Bonchev–Trinajstić information content (AvgIpc) is 3.04. The lowest BCUT2D eigenvalue weighted by Crippen LogP contribution is -2.34. The number of rotatable bonds is 7. The smallest absolute Gasteiger partial charge is 0.341 e. The molecule has 0 unspecified atom stereocenters. The number of benzene rings is 1. The summed E-state index contributed by atoms with van der Waals surface area (Å²) < 4.78 is 5.23. The van der Waals surface area contributed by atoms with Crippen molar-refractivity contribution in [2.24, 2.45) is 0 Å². The van der Waals surface area contributed by atoms with Gasteiger partial charge in [0.15, 0.2) is 5.11 Å². The van der Waals surface area contributed by atoms with Crippen LogP contribution >= 0.6 is 23.6 Å². The van der Waals surface area contributed by atoms with Crippen LogP contribution in [-0.4, -0.2) is 23.6 Å². The fourth-order valence-corrected chi connectivity index (χ4v) is 3.70. The number of amides is 1. The van der Waals surface area contributed by atoms with Crippen LogP contribution in [-0.2, 0) is 9.53 Å². The zero-order chi connectivity index (χ0) is 19.8. The largest absolute Gasteiger partial charge is 0.462 e. The number of ether oxygens (including phenoxy) is 1. The zero-order valence-corrected chi connectivity index (χ0v) is 17.4. The second-order valence-electron chi connectivity index (χ2n) is 6.05. The van der Waals surface area contributed by atoms with Crippen LogP contribution in [0.15, 0.2) is 29.6 Å².